The summed E-state index contributed by atoms with van der Waals surface area (Å²) >= 11 is 0. The summed E-state index contributed by atoms with van der Waals surface area (Å²) in [5, 5.41) is 0. The van der Waals surface area contributed by atoms with Crippen LogP contribution >= 0.6 is 0 Å². The van der Waals surface area contributed by atoms with Gasteiger partial charge in [-0.1, -0.05) is 43.3 Å². The van der Waals surface area contributed by atoms with E-state index < -0.39 is 0 Å². The zero-order chi connectivity index (χ0) is 12.6. The Morgan fingerprint density at radius 1 is 1.44 bits per heavy atom. The van der Waals surface area contributed by atoms with Crippen LogP contribution in [0.25, 0.3) is 5.57 Å². The van der Waals surface area contributed by atoms with Crippen molar-refractivity contribution >= 4 is 5.57 Å². The zero-order valence-corrected chi connectivity index (χ0v) is 10.8. The molecule has 0 aliphatic heterocycles. The largest absolute Gasteiger partial charge is 0.388 e. The van der Waals surface area contributed by atoms with Gasteiger partial charge in [-0.05, 0) is 30.5 Å². The number of hydrogen-bond donors (Lipinski definition) is 1. The summed E-state index contributed by atoms with van der Waals surface area (Å²) < 4.78 is 4.25. The molecule has 1 aromatic carbocycles. The molecule has 0 saturated heterocycles. The van der Waals surface area contributed by atoms with Crippen LogP contribution in [0.15, 0.2) is 30.8 Å². The summed E-state index contributed by atoms with van der Waals surface area (Å²) in [7, 11) is 3.25. The number of methoxy groups -OCH3 is 1. The Balaban J connectivity index is 0.000000673. The second-order valence-electron chi connectivity index (χ2n) is 3.95. The van der Waals surface area contributed by atoms with E-state index in [0.29, 0.717) is 12.5 Å². The van der Waals surface area contributed by atoms with Gasteiger partial charge in [-0.2, -0.15) is 0 Å². The van der Waals surface area contributed by atoms with Crippen molar-refractivity contribution in [2.75, 3.05) is 20.8 Å². The van der Waals surface area contributed by atoms with Crippen molar-refractivity contribution < 1.29 is 4.74 Å². The molecule has 1 aromatic rings. The summed E-state index contributed by atoms with van der Waals surface area (Å²) in [6.07, 6.45) is 0. The van der Waals surface area contributed by atoms with E-state index in [1.807, 2.05) is 6.92 Å². The highest BCUT2D eigenvalue weighted by Gasteiger charge is 2.03. The van der Waals surface area contributed by atoms with Crippen molar-refractivity contribution in [2.24, 2.45) is 5.73 Å². The predicted molar refractivity (Wildman–Crippen MR) is 71.6 cm³/mol. The van der Waals surface area contributed by atoms with Crippen LogP contribution in [0, 0.1) is 0 Å². The molecular weight excluding hydrogens is 198 g/mol. The van der Waals surface area contributed by atoms with Crippen LogP contribution in [0.1, 0.15) is 30.9 Å². The molecule has 2 heteroatoms. The number of hydrogen-bond acceptors (Lipinski definition) is 2. The maximum atomic E-state index is 5.61. The first-order valence-corrected chi connectivity index (χ1v) is 5.42. The van der Waals surface area contributed by atoms with Gasteiger partial charge < -0.3 is 10.5 Å². The average molecular weight is 221 g/mol. The van der Waals surface area contributed by atoms with Crippen molar-refractivity contribution in [3.8, 4) is 0 Å². The standard InChI is InChI=1S/C12H17N.C2H6O/c1-9(2)11-5-4-6-12(7-11)10(3)8-13;1-3-2/h4-7,10H,1,8,13H2,2-3H3;1-2H3. The maximum absolute atomic E-state index is 5.61. The van der Waals surface area contributed by atoms with Crippen LogP contribution in [0.5, 0.6) is 0 Å². The lowest BCUT2D eigenvalue weighted by Crippen LogP contribution is -2.08. The molecule has 0 heterocycles. The lowest BCUT2D eigenvalue weighted by molar-refractivity contribution is 0.277. The lowest BCUT2D eigenvalue weighted by Gasteiger charge is -2.10. The monoisotopic (exact) mass is 221 g/mol. The van der Waals surface area contributed by atoms with Gasteiger partial charge in [-0.25, -0.2) is 0 Å². The van der Waals surface area contributed by atoms with Gasteiger partial charge in [0.25, 0.3) is 0 Å². The molecule has 2 N–H and O–H groups in total. The third kappa shape index (κ3) is 5.10. The molecule has 0 fully saturated rings. The topological polar surface area (TPSA) is 35.2 Å². The third-order valence-corrected chi connectivity index (χ3v) is 2.30. The molecule has 0 amide bonds. The van der Waals surface area contributed by atoms with Gasteiger partial charge in [-0.15, -0.1) is 0 Å². The molecular formula is C14H23NO. The molecule has 0 aliphatic rings. The minimum absolute atomic E-state index is 0.430. The Labute approximate surface area is 99.1 Å². The van der Waals surface area contributed by atoms with Gasteiger partial charge in [0.15, 0.2) is 0 Å². The number of rotatable bonds is 3. The molecule has 16 heavy (non-hydrogen) atoms. The second-order valence-corrected chi connectivity index (χ2v) is 3.95. The van der Waals surface area contributed by atoms with E-state index in [1.54, 1.807) is 14.2 Å². The molecule has 0 aliphatic carbocycles. The molecule has 1 rings (SSSR count). The molecule has 1 unspecified atom stereocenters. The number of allylic oxidation sites excluding steroid dienone is 1. The predicted octanol–water partition coefficient (Wildman–Crippen LogP) is 3.04. The molecule has 2 nitrogen and oxygen atoms in total. The summed E-state index contributed by atoms with van der Waals surface area (Å²) in [5.74, 6) is 0.430. The van der Waals surface area contributed by atoms with E-state index in [1.165, 1.54) is 11.1 Å². The fraction of sp³-hybridized carbons (Fsp3) is 0.429. The Morgan fingerprint density at radius 3 is 2.44 bits per heavy atom. The maximum Gasteiger partial charge on any atom is 0.0351 e. The summed E-state index contributed by atoms with van der Waals surface area (Å²) in [4.78, 5) is 0. The zero-order valence-electron chi connectivity index (χ0n) is 10.8. The number of nitrogens with two attached hydrogens (primary N) is 1. The van der Waals surface area contributed by atoms with Crippen LogP contribution in [0.3, 0.4) is 0 Å². The molecule has 90 valence electrons. The molecule has 0 saturated carbocycles. The highest BCUT2D eigenvalue weighted by atomic mass is 16.4. The Kier molecular flexibility index (Phi) is 7.52. The van der Waals surface area contributed by atoms with Gasteiger partial charge in [0.2, 0.25) is 0 Å². The number of benzene rings is 1. The van der Waals surface area contributed by atoms with Crippen molar-refractivity contribution in [2.45, 2.75) is 19.8 Å². The highest BCUT2D eigenvalue weighted by molar-refractivity contribution is 5.61. The van der Waals surface area contributed by atoms with Crippen LogP contribution in [0.2, 0.25) is 0 Å². The molecule has 0 aromatic heterocycles. The highest BCUT2D eigenvalue weighted by Crippen LogP contribution is 2.18. The van der Waals surface area contributed by atoms with Crippen molar-refractivity contribution in [3.63, 3.8) is 0 Å². The van der Waals surface area contributed by atoms with Gasteiger partial charge in [0, 0.05) is 14.2 Å². The van der Waals surface area contributed by atoms with E-state index in [-0.39, 0.29) is 0 Å². The Morgan fingerprint density at radius 2 is 2.00 bits per heavy atom. The van der Waals surface area contributed by atoms with E-state index in [4.69, 9.17) is 5.73 Å². The molecule has 0 spiro atoms. The van der Waals surface area contributed by atoms with E-state index >= 15 is 0 Å². The van der Waals surface area contributed by atoms with E-state index in [0.717, 1.165) is 5.57 Å². The minimum Gasteiger partial charge on any atom is -0.388 e. The van der Waals surface area contributed by atoms with Crippen LogP contribution < -0.4 is 5.73 Å². The Hall–Kier alpha value is -1.12. The summed E-state index contributed by atoms with van der Waals surface area (Å²) in [5.41, 5.74) is 9.21. The fourth-order valence-electron chi connectivity index (χ4n) is 1.25. The smallest absolute Gasteiger partial charge is 0.0351 e. The molecule has 0 bridgehead atoms. The quantitative estimate of drug-likeness (QED) is 0.851. The Bertz CT molecular complexity index is 320. The summed E-state index contributed by atoms with van der Waals surface area (Å²) in [6, 6.07) is 8.42. The van der Waals surface area contributed by atoms with Gasteiger partial charge in [0.05, 0.1) is 0 Å². The summed E-state index contributed by atoms with van der Waals surface area (Å²) in [6.45, 7) is 8.77. The first kappa shape index (κ1) is 14.9. The van der Waals surface area contributed by atoms with Crippen LogP contribution in [-0.2, 0) is 4.74 Å². The van der Waals surface area contributed by atoms with Crippen molar-refractivity contribution in [1.29, 1.82) is 0 Å². The fourth-order valence-corrected chi connectivity index (χ4v) is 1.25. The van der Waals surface area contributed by atoms with Crippen LogP contribution in [-0.4, -0.2) is 20.8 Å². The van der Waals surface area contributed by atoms with Gasteiger partial charge in [0.1, 0.15) is 0 Å². The van der Waals surface area contributed by atoms with E-state index in [9.17, 15) is 0 Å². The van der Waals surface area contributed by atoms with Gasteiger partial charge >= 0.3 is 0 Å². The second kappa shape index (κ2) is 8.08. The first-order chi connectivity index (χ1) is 7.56. The van der Waals surface area contributed by atoms with E-state index in [2.05, 4.69) is 42.5 Å². The average Bonchev–Trinajstić information content (AvgIpc) is 2.29. The van der Waals surface area contributed by atoms with Gasteiger partial charge in [-0.3, -0.25) is 0 Å². The minimum atomic E-state index is 0.430. The molecule has 1 atom stereocenters. The van der Waals surface area contributed by atoms with Crippen molar-refractivity contribution in [1.82, 2.24) is 0 Å². The SMILES string of the molecule is C=C(C)c1cccc(C(C)CN)c1.COC. The normalized spacial score (nSPS) is 11.3. The first-order valence-electron chi connectivity index (χ1n) is 5.42. The van der Waals surface area contributed by atoms with Crippen LogP contribution in [0.4, 0.5) is 0 Å². The number of ether oxygens (including phenoxy) is 1. The molecule has 0 radical (unpaired) electrons. The lowest BCUT2D eigenvalue weighted by atomic mass is 9.97. The third-order valence-electron chi connectivity index (χ3n) is 2.30. The van der Waals surface area contributed by atoms with Crippen molar-refractivity contribution in [3.05, 3.63) is 42.0 Å².